The van der Waals surface area contributed by atoms with Gasteiger partial charge in [-0.2, -0.15) is 0 Å². The van der Waals surface area contributed by atoms with Crippen LogP contribution in [0.5, 0.6) is 0 Å². The Hall–Kier alpha value is -1.26. The minimum Gasteiger partial charge on any atom is -0.370 e. The molecule has 146 valence electrons. The van der Waals surface area contributed by atoms with Gasteiger partial charge < -0.3 is 9.80 Å². The molecule has 1 aromatic rings. The SMILES string of the molecule is O=C(c1ccc(N2CCCC2)c(Cl)c1)N1C[C@@H]2CC[C@H](C1)N(CC1CC1)C2. The lowest BCUT2D eigenvalue weighted by atomic mass is 9.95. The summed E-state index contributed by atoms with van der Waals surface area (Å²) in [5.74, 6) is 1.71. The Morgan fingerprint density at radius 1 is 1.04 bits per heavy atom. The predicted octanol–water partition coefficient (Wildman–Crippen LogP) is 3.89. The molecule has 6 rings (SSSR count). The van der Waals surface area contributed by atoms with E-state index in [1.807, 2.05) is 18.2 Å². The van der Waals surface area contributed by atoms with E-state index in [1.165, 1.54) is 51.6 Å². The minimum absolute atomic E-state index is 0.162. The maximum absolute atomic E-state index is 13.2. The lowest BCUT2D eigenvalue weighted by molar-refractivity contribution is 0.0737. The first kappa shape index (κ1) is 17.8. The first-order valence-corrected chi connectivity index (χ1v) is 11.1. The first-order valence-electron chi connectivity index (χ1n) is 10.7. The topological polar surface area (TPSA) is 26.8 Å². The predicted molar refractivity (Wildman–Crippen MR) is 110 cm³/mol. The Bertz CT molecular complexity index is 714. The molecular weight excluding hydrogens is 358 g/mol. The largest absolute Gasteiger partial charge is 0.370 e. The van der Waals surface area contributed by atoms with E-state index < -0.39 is 0 Å². The van der Waals surface area contributed by atoms with E-state index in [2.05, 4.69) is 14.7 Å². The Labute approximate surface area is 167 Å². The number of piperidine rings is 1. The second kappa shape index (κ2) is 7.29. The molecule has 0 spiro atoms. The number of carbonyl (C=O) groups is 1. The summed E-state index contributed by atoms with van der Waals surface area (Å²) in [5, 5.41) is 0.718. The van der Waals surface area contributed by atoms with Gasteiger partial charge in [0.1, 0.15) is 0 Å². The molecule has 1 aliphatic carbocycles. The number of rotatable bonds is 4. The molecule has 2 atom stereocenters. The number of amides is 1. The van der Waals surface area contributed by atoms with Crippen molar-refractivity contribution < 1.29 is 4.79 Å². The average molecular weight is 388 g/mol. The van der Waals surface area contributed by atoms with Gasteiger partial charge in [-0.25, -0.2) is 0 Å². The molecule has 1 amide bonds. The molecule has 5 aliphatic rings. The van der Waals surface area contributed by atoms with Crippen LogP contribution in [-0.4, -0.2) is 61.0 Å². The molecule has 4 saturated heterocycles. The van der Waals surface area contributed by atoms with Crippen LogP contribution in [0.25, 0.3) is 0 Å². The Balaban J connectivity index is 1.31. The lowest BCUT2D eigenvalue weighted by Crippen LogP contribution is -2.45. The molecule has 0 aromatic heterocycles. The Morgan fingerprint density at radius 2 is 1.85 bits per heavy atom. The fourth-order valence-electron chi connectivity index (χ4n) is 5.24. The van der Waals surface area contributed by atoms with Crippen molar-refractivity contribution in [3.63, 3.8) is 0 Å². The molecule has 1 aromatic carbocycles. The maximum atomic E-state index is 13.2. The van der Waals surface area contributed by atoms with Crippen molar-refractivity contribution in [3.05, 3.63) is 28.8 Å². The van der Waals surface area contributed by atoms with Gasteiger partial charge in [0.05, 0.1) is 10.7 Å². The number of carbonyl (C=O) groups excluding carboxylic acids is 1. The number of benzene rings is 1. The highest BCUT2D eigenvalue weighted by molar-refractivity contribution is 6.33. The lowest BCUT2D eigenvalue weighted by Gasteiger charge is -2.36. The second-order valence-electron chi connectivity index (χ2n) is 9.06. The van der Waals surface area contributed by atoms with Crippen molar-refractivity contribution in [1.29, 1.82) is 0 Å². The van der Waals surface area contributed by atoms with Crippen molar-refractivity contribution in [1.82, 2.24) is 9.80 Å². The molecule has 0 N–H and O–H groups in total. The van der Waals surface area contributed by atoms with Gasteiger partial charge in [0.15, 0.2) is 0 Å². The number of anilines is 1. The van der Waals surface area contributed by atoms with Crippen LogP contribution >= 0.6 is 11.6 Å². The van der Waals surface area contributed by atoms with Crippen LogP contribution in [0.3, 0.4) is 0 Å². The van der Waals surface area contributed by atoms with Crippen LogP contribution in [-0.2, 0) is 0 Å². The average Bonchev–Trinajstić information content (AvgIpc) is 3.41. The third kappa shape index (κ3) is 3.71. The molecule has 4 nitrogen and oxygen atoms in total. The molecule has 1 saturated carbocycles. The monoisotopic (exact) mass is 387 g/mol. The van der Waals surface area contributed by atoms with Gasteiger partial charge in [-0.15, -0.1) is 0 Å². The normalized spacial score (nSPS) is 28.6. The van der Waals surface area contributed by atoms with E-state index in [4.69, 9.17) is 11.6 Å². The Morgan fingerprint density at radius 3 is 2.59 bits per heavy atom. The number of nitrogens with zero attached hydrogens (tertiary/aromatic N) is 3. The molecule has 4 aliphatic heterocycles. The summed E-state index contributed by atoms with van der Waals surface area (Å²) in [6, 6.07) is 6.47. The van der Waals surface area contributed by atoms with Crippen LogP contribution < -0.4 is 4.90 Å². The second-order valence-corrected chi connectivity index (χ2v) is 9.47. The summed E-state index contributed by atoms with van der Waals surface area (Å²) in [7, 11) is 0. The first-order chi connectivity index (χ1) is 13.2. The van der Waals surface area contributed by atoms with Gasteiger partial charge >= 0.3 is 0 Å². The summed E-state index contributed by atoms with van der Waals surface area (Å²) >= 11 is 6.56. The van der Waals surface area contributed by atoms with E-state index in [0.717, 1.165) is 48.4 Å². The third-order valence-electron chi connectivity index (χ3n) is 6.95. The molecule has 0 radical (unpaired) electrons. The smallest absolute Gasteiger partial charge is 0.253 e. The van der Waals surface area contributed by atoms with E-state index in [9.17, 15) is 4.79 Å². The van der Waals surface area contributed by atoms with Crippen molar-refractivity contribution >= 4 is 23.2 Å². The number of fused-ring (bicyclic) bond motifs is 4. The summed E-state index contributed by atoms with van der Waals surface area (Å²) in [6.07, 6.45) is 7.77. The van der Waals surface area contributed by atoms with E-state index in [-0.39, 0.29) is 5.91 Å². The molecule has 5 fully saturated rings. The van der Waals surface area contributed by atoms with E-state index in [1.54, 1.807) is 0 Å². The van der Waals surface area contributed by atoms with Crippen LogP contribution in [0.4, 0.5) is 5.69 Å². The highest BCUT2D eigenvalue weighted by atomic mass is 35.5. The minimum atomic E-state index is 0.162. The number of hydrogen-bond donors (Lipinski definition) is 0. The molecule has 4 heterocycles. The Kier molecular flexibility index (Phi) is 4.81. The zero-order valence-corrected chi connectivity index (χ0v) is 16.8. The number of hydrogen-bond acceptors (Lipinski definition) is 3. The zero-order valence-electron chi connectivity index (χ0n) is 16.1. The molecular formula is C22H30ClN3O. The van der Waals surface area contributed by atoms with Gasteiger partial charge in [-0.05, 0) is 68.6 Å². The fraction of sp³-hybridized carbons (Fsp3) is 0.682. The third-order valence-corrected chi connectivity index (χ3v) is 7.25. The van der Waals surface area contributed by atoms with Crippen molar-refractivity contribution in [2.24, 2.45) is 11.8 Å². The van der Waals surface area contributed by atoms with Gasteiger partial charge in [-0.3, -0.25) is 9.69 Å². The van der Waals surface area contributed by atoms with Gasteiger partial charge in [0.2, 0.25) is 0 Å². The summed E-state index contributed by atoms with van der Waals surface area (Å²) in [4.78, 5) is 20.4. The summed E-state index contributed by atoms with van der Waals surface area (Å²) in [6.45, 7) is 6.35. The standard InChI is InChI=1S/C22H30ClN3O/c23-20-11-18(6-8-21(20)24-9-1-2-10-24)22(27)26-14-17-5-7-19(15-26)25(13-17)12-16-3-4-16/h6,8,11,16-17,19H,1-5,7,9-10,12-15H2/t17-,19-/m1/s1. The maximum Gasteiger partial charge on any atom is 0.253 e. The number of halogens is 1. The molecule has 0 unspecified atom stereocenters. The molecule has 27 heavy (non-hydrogen) atoms. The quantitative estimate of drug-likeness (QED) is 0.784. The highest BCUT2D eigenvalue weighted by Gasteiger charge is 2.38. The van der Waals surface area contributed by atoms with Crippen LogP contribution in [0.15, 0.2) is 18.2 Å². The molecule has 5 heteroatoms. The van der Waals surface area contributed by atoms with E-state index >= 15 is 0 Å². The van der Waals surface area contributed by atoms with Crippen molar-refractivity contribution in [2.75, 3.05) is 44.2 Å². The molecule has 2 bridgehead atoms. The van der Waals surface area contributed by atoms with Crippen molar-refractivity contribution in [3.8, 4) is 0 Å². The van der Waals surface area contributed by atoms with E-state index in [0.29, 0.717) is 12.0 Å². The van der Waals surface area contributed by atoms with Gasteiger partial charge in [-0.1, -0.05) is 11.6 Å². The van der Waals surface area contributed by atoms with Crippen LogP contribution in [0.2, 0.25) is 5.02 Å². The summed E-state index contributed by atoms with van der Waals surface area (Å²) in [5.41, 5.74) is 1.83. The van der Waals surface area contributed by atoms with Crippen molar-refractivity contribution in [2.45, 2.75) is 44.6 Å². The summed E-state index contributed by atoms with van der Waals surface area (Å²) < 4.78 is 0. The van der Waals surface area contributed by atoms with Gasteiger partial charge in [0, 0.05) is 50.9 Å². The van der Waals surface area contributed by atoms with Crippen LogP contribution in [0.1, 0.15) is 48.9 Å². The zero-order chi connectivity index (χ0) is 18.4. The highest BCUT2D eigenvalue weighted by Crippen LogP contribution is 2.35. The van der Waals surface area contributed by atoms with Crippen LogP contribution in [0, 0.1) is 11.8 Å². The fourth-order valence-corrected chi connectivity index (χ4v) is 5.54. The van der Waals surface area contributed by atoms with Gasteiger partial charge in [0.25, 0.3) is 5.91 Å².